The summed E-state index contributed by atoms with van der Waals surface area (Å²) in [6.07, 6.45) is 1.57. The first-order valence-corrected chi connectivity index (χ1v) is 10.6. The van der Waals surface area contributed by atoms with Gasteiger partial charge in [-0.3, -0.25) is 10.2 Å². The van der Waals surface area contributed by atoms with Crippen molar-refractivity contribution in [1.29, 1.82) is 0 Å². The molecule has 1 heterocycles. The Morgan fingerprint density at radius 1 is 1.03 bits per heavy atom. The molecule has 31 heavy (non-hydrogen) atoms. The molecule has 1 aliphatic rings. The third kappa shape index (κ3) is 4.41. The lowest BCUT2D eigenvalue weighted by Gasteiger charge is -2.29. The molecule has 0 aliphatic heterocycles. The molecule has 1 aliphatic carbocycles. The standard InChI is InChI=1S/C26H29N3O2/c1-16-11-12-17(2)20(13-16)27-25(30)24-18(3)23-21(14-26(4,5)15-22(23)31-24)29-28-19-9-7-6-8-10-19/h6-13,28H,14-15H2,1-5H3,(H,27,30)/b29-21-. The highest BCUT2D eigenvalue weighted by atomic mass is 16.4. The number of para-hydroxylation sites is 1. The summed E-state index contributed by atoms with van der Waals surface area (Å²) in [4.78, 5) is 13.1. The van der Waals surface area contributed by atoms with Crippen LogP contribution in [-0.2, 0) is 6.42 Å². The number of hydrogen-bond acceptors (Lipinski definition) is 4. The molecule has 5 nitrogen and oxygen atoms in total. The summed E-state index contributed by atoms with van der Waals surface area (Å²) < 4.78 is 6.14. The second kappa shape index (κ2) is 8.06. The summed E-state index contributed by atoms with van der Waals surface area (Å²) >= 11 is 0. The van der Waals surface area contributed by atoms with E-state index in [1.807, 2.05) is 69.3 Å². The van der Waals surface area contributed by atoms with Crippen LogP contribution in [0.15, 0.2) is 58.0 Å². The number of carbonyl (C=O) groups is 1. The number of fused-ring (bicyclic) bond motifs is 1. The van der Waals surface area contributed by atoms with E-state index >= 15 is 0 Å². The molecule has 0 radical (unpaired) electrons. The van der Waals surface area contributed by atoms with Crippen LogP contribution in [0.4, 0.5) is 11.4 Å². The van der Waals surface area contributed by atoms with Crippen LogP contribution >= 0.6 is 0 Å². The highest BCUT2D eigenvalue weighted by Crippen LogP contribution is 2.39. The molecule has 0 fully saturated rings. The molecule has 0 saturated heterocycles. The van der Waals surface area contributed by atoms with Crippen LogP contribution in [0.1, 0.15) is 58.8 Å². The number of benzene rings is 2. The molecular formula is C26H29N3O2. The van der Waals surface area contributed by atoms with Crippen LogP contribution in [0.2, 0.25) is 0 Å². The van der Waals surface area contributed by atoms with Crippen LogP contribution in [0, 0.1) is 26.2 Å². The smallest absolute Gasteiger partial charge is 0.291 e. The van der Waals surface area contributed by atoms with Gasteiger partial charge in [-0.25, -0.2) is 0 Å². The summed E-state index contributed by atoms with van der Waals surface area (Å²) in [5.74, 6) is 0.957. The van der Waals surface area contributed by atoms with Gasteiger partial charge in [0.1, 0.15) is 5.76 Å². The van der Waals surface area contributed by atoms with Gasteiger partial charge in [-0.15, -0.1) is 0 Å². The average molecular weight is 416 g/mol. The van der Waals surface area contributed by atoms with Crippen LogP contribution in [0.3, 0.4) is 0 Å². The lowest BCUT2D eigenvalue weighted by atomic mass is 9.75. The average Bonchev–Trinajstić information content (AvgIpc) is 3.05. The van der Waals surface area contributed by atoms with E-state index in [0.29, 0.717) is 5.76 Å². The van der Waals surface area contributed by atoms with E-state index in [2.05, 4.69) is 24.6 Å². The second-order valence-corrected chi connectivity index (χ2v) is 9.18. The minimum Gasteiger partial charge on any atom is -0.455 e. The largest absolute Gasteiger partial charge is 0.455 e. The molecule has 4 rings (SSSR count). The molecule has 0 saturated carbocycles. The van der Waals surface area contributed by atoms with Crippen LogP contribution in [-0.4, -0.2) is 11.6 Å². The van der Waals surface area contributed by atoms with Gasteiger partial charge in [0.05, 0.1) is 11.4 Å². The molecule has 0 spiro atoms. The third-order valence-electron chi connectivity index (χ3n) is 5.73. The van der Waals surface area contributed by atoms with Gasteiger partial charge in [0.2, 0.25) is 0 Å². The fourth-order valence-electron chi connectivity index (χ4n) is 4.12. The van der Waals surface area contributed by atoms with Gasteiger partial charge in [-0.05, 0) is 61.9 Å². The fraction of sp³-hybridized carbons (Fsp3) is 0.308. The van der Waals surface area contributed by atoms with Crippen molar-refractivity contribution in [3.8, 4) is 0 Å². The summed E-state index contributed by atoms with van der Waals surface area (Å²) in [6, 6.07) is 15.9. The first-order valence-electron chi connectivity index (χ1n) is 10.6. The van der Waals surface area contributed by atoms with Gasteiger partial charge in [0.15, 0.2) is 5.76 Å². The maximum atomic E-state index is 13.1. The van der Waals surface area contributed by atoms with E-state index in [0.717, 1.165) is 57.9 Å². The normalized spacial score (nSPS) is 16.1. The van der Waals surface area contributed by atoms with Crippen LogP contribution in [0.5, 0.6) is 0 Å². The van der Waals surface area contributed by atoms with Crippen LogP contribution in [0.25, 0.3) is 0 Å². The summed E-state index contributed by atoms with van der Waals surface area (Å²) in [7, 11) is 0. The molecule has 5 heteroatoms. The SMILES string of the molecule is Cc1ccc(C)c(NC(=O)c2oc3c(c2C)/C(=N\Nc2ccccc2)CC(C)(C)C3)c1. The number of furan rings is 1. The van der Waals surface area contributed by atoms with E-state index in [-0.39, 0.29) is 11.3 Å². The van der Waals surface area contributed by atoms with Gasteiger partial charge < -0.3 is 9.73 Å². The van der Waals surface area contributed by atoms with Crippen molar-refractivity contribution in [2.75, 3.05) is 10.7 Å². The van der Waals surface area contributed by atoms with E-state index in [1.165, 1.54) is 0 Å². The van der Waals surface area contributed by atoms with Gasteiger partial charge in [0, 0.05) is 23.2 Å². The molecule has 0 unspecified atom stereocenters. The van der Waals surface area contributed by atoms with Crippen molar-refractivity contribution in [3.63, 3.8) is 0 Å². The predicted octanol–water partition coefficient (Wildman–Crippen LogP) is 6.25. The van der Waals surface area contributed by atoms with Crippen molar-refractivity contribution in [2.24, 2.45) is 10.5 Å². The number of nitrogens with zero attached hydrogens (tertiary/aromatic N) is 1. The number of nitrogens with one attached hydrogen (secondary N) is 2. The topological polar surface area (TPSA) is 66.6 Å². The summed E-state index contributed by atoms with van der Waals surface area (Å²) in [5.41, 5.74) is 9.70. The molecule has 0 bridgehead atoms. The highest BCUT2D eigenvalue weighted by Gasteiger charge is 2.36. The first-order chi connectivity index (χ1) is 14.7. The summed E-state index contributed by atoms with van der Waals surface area (Å²) in [5, 5.41) is 7.73. The number of hydrogen-bond donors (Lipinski definition) is 2. The number of rotatable bonds is 4. The highest BCUT2D eigenvalue weighted by molar-refractivity contribution is 6.09. The quantitative estimate of drug-likeness (QED) is 0.495. The second-order valence-electron chi connectivity index (χ2n) is 9.18. The number of carbonyl (C=O) groups excluding carboxylic acids is 1. The molecular weight excluding hydrogens is 386 g/mol. The minimum atomic E-state index is -0.228. The zero-order valence-electron chi connectivity index (χ0n) is 18.8. The molecule has 0 atom stereocenters. The van der Waals surface area contributed by atoms with Crippen molar-refractivity contribution in [2.45, 2.75) is 47.5 Å². The van der Waals surface area contributed by atoms with Gasteiger partial charge in [0.25, 0.3) is 5.91 Å². The first kappa shape index (κ1) is 20.9. The summed E-state index contributed by atoms with van der Waals surface area (Å²) in [6.45, 7) is 10.3. The Morgan fingerprint density at radius 2 is 1.77 bits per heavy atom. The molecule has 2 N–H and O–H groups in total. The lowest BCUT2D eigenvalue weighted by molar-refractivity contribution is 0.0992. The van der Waals surface area contributed by atoms with Gasteiger partial charge >= 0.3 is 0 Å². The number of hydrazone groups is 1. The van der Waals surface area contributed by atoms with Gasteiger partial charge in [-0.1, -0.05) is 44.2 Å². The monoisotopic (exact) mass is 415 g/mol. The predicted molar refractivity (Wildman–Crippen MR) is 126 cm³/mol. The Balaban J connectivity index is 1.68. The third-order valence-corrected chi connectivity index (χ3v) is 5.73. The number of anilines is 2. The van der Waals surface area contributed by atoms with Crippen molar-refractivity contribution in [1.82, 2.24) is 0 Å². The Kier molecular flexibility index (Phi) is 5.44. The molecule has 1 aromatic heterocycles. The van der Waals surface area contributed by atoms with Crippen molar-refractivity contribution in [3.05, 3.63) is 82.3 Å². The van der Waals surface area contributed by atoms with Crippen molar-refractivity contribution >= 4 is 23.0 Å². The maximum Gasteiger partial charge on any atom is 0.291 e. The van der Waals surface area contributed by atoms with E-state index in [4.69, 9.17) is 9.52 Å². The molecule has 160 valence electrons. The van der Waals surface area contributed by atoms with Gasteiger partial charge in [-0.2, -0.15) is 5.10 Å². The molecule has 1 amide bonds. The van der Waals surface area contributed by atoms with E-state index in [1.54, 1.807) is 0 Å². The van der Waals surface area contributed by atoms with E-state index < -0.39 is 0 Å². The van der Waals surface area contributed by atoms with Crippen LogP contribution < -0.4 is 10.7 Å². The number of aryl methyl sites for hydroxylation is 2. The molecule has 3 aromatic rings. The van der Waals surface area contributed by atoms with E-state index in [9.17, 15) is 4.79 Å². The Bertz CT molecular complexity index is 1160. The Morgan fingerprint density at radius 3 is 2.52 bits per heavy atom. The fourth-order valence-corrected chi connectivity index (χ4v) is 4.12. The zero-order valence-corrected chi connectivity index (χ0v) is 18.8. The number of amides is 1. The minimum absolute atomic E-state index is 0.00459. The Labute approximate surface area is 183 Å². The zero-order chi connectivity index (χ0) is 22.2. The maximum absolute atomic E-state index is 13.1. The Hall–Kier alpha value is -3.34. The molecule has 2 aromatic carbocycles. The lowest BCUT2D eigenvalue weighted by Crippen LogP contribution is -2.27. The van der Waals surface area contributed by atoms with Crippen molar-refractivity contribution < 1.29 is 9.21 Å².